The molecule has 124 valence electrons. The number of nitrogens with one attached hydrogen (secondary N) is 1. The molecule has 0 aliphatic rings. The molecule has 0 aliphatic heterocycles. The first-order valence-corrected chi connectivity index (χ1v) is 9.48. The summed E-state index contributed by atoms with van der Waals surface area (Å²) in [5.41, 5.74) is 1.74. The lowest BCUT2D eigenvalue weighted by atomic mass is 10.1. The van der Waals surface area contributed by atoms with E-state index in [0.29, 0.717) is 5.69 Å². The van der Waals surface area contributed by atoms with Crippen molar-refractivity contribution in [2.45, 2.75) is 46.1 Å². The number of anilines is 1. The summed E-state index contributed by atoms with van der Waals surface area (Å²) in [6.45, 7) is 6.11. The Kier molecular flexibility index (Phi) is 6.87. The first-order valence-electron chi connectivity index (χ1n) is 7.64. The van der Waals surface area contributed by atoms with Gasteiger partial charge in [-0.25, -0.2) is 8.42 Å². The van der Waals surface area contributed by atoms with Crippen molar-refractivity contribution in [3.8, 4) is 0 Å². The minimum absolute atomic E-state index is 0.100. The summed E-state index contributed by atoms with van der Waals surface area (Å²) < 4.78 is 25.2. The normalized spacial score (nSPS) is 12.7. The fourth-order valence-electron chi connectivity index (χ4n) is 2.04. The monoisotopic (exact) mass is 326 g/mol. The van der Waals surface area contributed by atoms with E-state index in [4.69, 9.17) is 0 Å². The molecule has 0 saturated carbocycles. The van der Waals surface area contributed by atoms with Gasteiger partial charge in [-0.05, 0) is 37.5 Å². The van der Waals surface area contributed by atoms with Gasteiger partial charge in [-0.1, -0.05) is 26.0 Å². The lowest BCUT2D eigenvalue weighted by Gasteiger charge is -2.23. The van der Waals surface area contributed by atoms with Gasteiger partial charge < -0.3 is 5.32 Å². The Morgan fingerprint density at radius 2 is 1.82 bits per heavy atom. The van der Waals surface area contributed by atoms with Crippen LogP contribution in [0.4, 0.5) is 5.69 Å². The van der Waals surface area contributed by atoms with Crippen molar-refractivity contribution in [3.05, 3.63) is 29.8 Å². The van der Waals surface area contributed by atoms with Crippen LogP contribution in [0.1, 0.15) is 39.2 Å². The molecule has 0 radical (unpaired) electrons. The zero-order valence-corrected chi connectivity index (χ0v) is 14.6. The molecule has 5 nitrogen and oxygen atoms in total. The van der Waals surface area contributed by atoms with Gasteiger partial charge in [0.2, 0.25) is 15.9 Å². The standard InChI is InChI=1S/C16H26N2O3S/c1-5-13(3)17-16(19)11-12-18(22(4,20)21)15-9-7-14(6-2)8-10-15/h7-10,13H,5-6,11-12H2,1-4H3,(H,17,19). The Balaban J connectivity index is 2.80. The van der Waals surface area contributed by atoms with Crippen LogP contribution in [0.2, 0.25) is 0 Å². The van der Waals surface area contributed by atoms with E-state index < -0.39 is 10.0 Å². The van der Waals surface area contributed by atoms with Crippen LogP contribution in [0, 0.1) is 0 Å². The zero-order chi connectivity index (χ0) is 16.8. The molecule has 0 saturated heterocycles. The highest BCUT2D eigenvalue weighted by Crippen LogP contribution is 2.19. The lowest BCUT2D eigenvalue weighted by Crippen LogP contribution is -2.37. The summed E-state index contributed by atoms with van der Waals surface area (Å²) in [6, 6.07) is 7.49. The maximum atomic E-state index is 12.0. The summed E-state index contributed by atoms with van der Waals surface area (Å²) >= 11 is 0. The van der Waals surface area contributed by atoms with Gasteiger partial charge >= 0.3 is 0 Å². The molecule has 1 unspecified atom stereocenters. The minimum Gasteiger partial charge on any atom is -0.354 e. The van der Waals surface area contributed by atoms with E-state index in [2.05, 4.69) is 5.32 Å². The topological polar surface area (TPSA) is 66.5 Å². The number of rotatable bonds is 8. The van der Waals surface area contributed by atoms with E-state index in [0.717, 1.165) is 24.7 Å². The van der Waals surface area contributed by atoms with Crippen LogP contribution in [0.25, 0.3) is 0 Å². The largest absolute Gasteiger partial charge is 0.354 e. The Morgan fingerprint density at radius 1 is 1.23 bits per heavy atom. The molecule has 1 rings (SSSR count). The van der Waals surface area contributed by atoms with Crippen molar-refractivity contribution in [3.63, 3.8) is 0 Å². The van der Waals surface area contributed by atoms with E-state index in [1.165, 1.54) is 4.31 Å². The van der Waals surface area contributed by atoms with Crippen LogP contribution in [-0.2, 0) is 21.2 Å². The van der Waals surface area contributed by atoms with Gasteiger partial charge in [0.05, 0.1) is 11.9 Å². The van der Waals surface area contributed by atoms with Gasteiger partial charge in [0, 0.05) is 19.0 Å². The Bertz CT molecular complexity index is 582. The summed E-state index contributed by atoms with van der Waals surface area (Å²) in [6.07, 6.45) is 3.05. The molecule has 1 atom stereocenters. The van der Waals surface area contributed by atoms with Crippen LogP contribution in [0.5, 0.6) is 0 Å². The number of sulfonamides is 1. The molecule has 0 heterocycles. The lowest BCUT2D eigenvalue weighted by molar-refractivity contribution is -0.121. The van der Waals surface area contributed by atoms with Gasteiger partial charge in [0.25, 0.3) is 0 Å². The van der Waals surface area contributed by atoms with Crippen molar-refractivity contribution < 1.29 is 13.2 Å². The summed E-state index contributed by atoms with van der Waals surface area (Å²) in [5.74, 6) is -0.131. The number of hydrogen-bond donors (Lipinski definition) is 1. The maximum Gasteiger partial charge on any atom is 0.232 e. The fraction of sp³-hybridized carbons (Fsp3) is 0.562. The number of aryl methyl sites for hydroxylation is 1. The Labute approximate surface area is 133 Å². The highest BCUT2D eigenvalue weighted by molar-refractivity contribution is 7.92. The highest BCUT2D eigenvalue weighted by Gasteiger charge is 2.18. The van der Waals surface area contributed by atoms with Gasteiger partial charge in [0.1, 0.15) is 0 Å². The number of nitrogens with zero attached hydrogens (tertiary/aromatic N) is 1. The summed E-state index contributed by atoms with van der Waals surface area (Å²) in [7, 11) is -3.41. The molecular weight excluding hydrogens is 300 g/mol. The molecular formula is C16H26N2O3S. The average Bonchev–Trinajstić information content (AvgIpc) is 2.46. The molecule has 6 heteroatoms. The van der Waals surface area contributed by atoms with Crippen LogP contribution in [0.3, 0.4) is 0 Å². The number of carbonyl (C=O) groups excluding carboxylic acids is 1. The maximum absolute atomic E-state index is 12.0. The average molecular weight is 326 g/mol. The van der Waals surface area contributed by atoms with Gasteiger partial charge in [-0.2, -0.15) is 0 Å². The van der Waals surface area contributed by atoms with Crippen LogP contribution in [0.15, 0.2) is 24.3 Å². The second kappa shape index (κ2) is 8.17. The molecule has 1 aromatic carbocycles. The van der Waals surface area contributed by atoms with Crippen molar-refractivity contribution >= 4 is 21.6 Å². The Morgan fingerprint density at radius 3 is 2.27 bits per heavy atom. The molecule has 1 amide bonds. The minimum atomic E-state index is -3.41. The number of benzene rings is 1. The van der Waals surface area contributed by atoms with Gasteiger partial charge in [-0.3, -0.25) is 9.10 Å². The van der Waals surface area contributed by atoms with Crippen molar-refractivity contribution in [1.29, 1.82) is 0 Å². The van der Waals surface area contributed by atoms with E-state index in [9.17, 15) is 13.2 Å². The van der Waals surface area contributed by atoms with Crippen LogP contribution < -0.4 is 9.62 Å². The molecule has 0 bridgehead atoms. The molecule has 0 spiro atoms. The second-order valence-corrected chi connectivity index (χ2v) is 7.39. The highest BCUT2D eigenvalue weighted by atomic mass is 32.2. The predicted octanol–water partition coefficient (Wildman–Crippen LogP) is 2.32. The number of hydrogen-bond acceptors (Lipinski definition) is 3. The third-order valence-corrected chi connectivity index (χ3v) is 4.79. The summed E-state index contributed by atoms with van der Waals surface area (Å²) in [5, 5.41) is 2.85. The molecule has 22 heavy (non-hydrogen) atoms. The van der Waals surface area contributed by atoms with Gasteiger partial charge in [0.15, 0.2) is 0 Å². The van der Waals surface area contributed by atoms with E-state index in [1.807, 2.05) is 32.9 Å². The second-order valence-electron chi connectivity index (χ2n) is 5.48. The number of amides is 1. The van der Waals surface area contributed by atoms with Crippen LogP contribution in [-0.4, -0.2) is 33.2 Å². The van der Waals surface area contributed by atoms with E-state index >= 15 is 0 Å². The van der Waals surface area contributed by atoms with Crippen molar-refractivity contribution in [2.75, 3.05) is 17.1 Å². The fourth-order valence-corrected chi connectivity index (χ4v) is 2.96. The molecule has 1 aromatic rings. The third-order valence-electron chi connectivity index (χ3n) is 3.59. The zero-order valence-electron chi connectivity index (χ0n) is 13.8. The first kappa shape index (κ1) is 18.5. The SMILES string of the molecule is CCc1ccc(N(CCC(=O)NC(C)CC)S(C)(=O)=O)cc1. The molecule has 0 fully saturated rings. The van der Waals surface area contributed by atoms with E-state index in [1.54, 1.807) is 12.1 Å². The molecule has 1 N–H and O–H groups in total. The number of carbonyl (C=O) groups is 1. The predicted molar refractivity (Wildman–Crippen MR) is 90.5 cm³/mol. The van der Waals surface area contributed by atoms with Crippen molar-refractivity contribution in [2.24, 2.45) is 0 Å². The molecule has 0 aromatic heterocycles. The molecule has 0 aliphatic carbocycles. The Hall–Kier alpha value is -1.56. The smallest absolute Gasteiger partial charge is 0.232 e. The van der Waals surface area contributed by atoms with Crippen molar-refractivity contribution in [1.82, 2.24) is 5.32 Å². The van der Waals surface area contributed by atoms with Crippen LogP contribution >= 0.6 is 0 Å². The van der Waals surface area contributed by atoms with E-state index in [-0.39, 0.29) is 24.9 Å². The first-order chi connectivity index (χ1) is 10.3. The van der Waals surface area contributed by atoms with Gasteiger partial charge in [-0.15, -0.1) is 0 Å². The quantitative estimate of drug-likeness (QED) is 0.797. The third kappa shape index (κ3) is 5.67. The summed E-state index contributed by atoms with van der Waals surface area (Å²) in [4.78, 5) is 11.8.